The van der Waals surface area contributed by atoms with Gasteiger partial charge in [-0.1, -0.05) is 0 Å². The maximum Gasteiger partial charge on any atom is 0.354 e. The molecule has 2 N–H and O–H groups in total. The summed E-state index contributed by atoms with van der Waals surface area (Å²) in [7, 11) is 0. The Morgan fingerprint density at radius 2 is 2.40 bits per heavy atom. The summed E-state index contributed by atoms with van der Waals surface area (Å²) in [6.45, 7) is 2.07. The summed E-state index contributed by atoms with van der Waals surface area (Å²) in [5, 5.41) is 9.18. The first kappa shape index (κ1) is 9.51. The number of aromatic nitrogens is 2. The van der Waals surface area contributed by atoms with Crippen LogP contribution in [0.2, 0.25) is 0 Å². The molecule has 0 bridgehead atoms. The fourth-order valence-corrected chi connectivity index (χ4v) is 1.32. The number of rotatable bonds is 2. The van der Waals surface area contributed by atoms with Crippen LogP contribution in [-0.2, 0) is 4.74 Å². The molecule has 0 aromatic carbocycles. The van der Waals surface area contributed by atoms with Gasteiger partial charge in [0.1, 0.15) is 11.4 Å². The van der Waals surface area contributed by atoms with E-state index in [0.717, 1.165) is 0 Å². The van der Waals surface area contributed by atoms with E-state index in [4.69, 9.17) is 4.74 Å². The highest BCUT2D eigenvalue weighted by atomic mass is 16.5. The Morgan fingerprint density at radius 3 is 3.13 bits per heavy atom. The van der Waals surface area contributed by atoms with E-state index in [9.17, 15) is 9.90 Å². The van der Waals surface area contributed by atoms with Gasteiger partial charge >= 0.3 is 5.97 Å². The van der Waals surface area contributed by atoms with Gasteiger partial charge in [-0.05, 0) is 13.0 Å². The summed E-state index contributed by atoms with van der Waals surface area (Å²) in [6.07, 6.45) is 1.32. The first-order valence-electron chi connectivity index (χ1n) is 4.55. The summed E-state index contributed by atoms with van der Waals surface area (Å²) >= 11 is 0. The lowest BCUT2D eigenvalue weighted by molar-refractivity contribution is 0.0520. The van der Waals surface area contributed by atoms with Crippen molar-refractivity contribution in [1.29, 1.82) is 0 Å². The summed E-state index contributed by atoms with van der Waals surface area (Å²) in [6, 6.07) is 3.10. The molecule has 0 saturated carbocycles. The second kappa shape index (κ2) is 3.61. The Morgan fingerprint density at radius 1 is 1.60 bits per heavy atom. The fraction of sp³-hybridized carbons (Fsp3) is 0.200. The number of H-pyrrole nitrogens is 1. The number of fused-ring (bicyclic) bond motifs is 1. The zero-order chi connectivity index (χ0) is 10.8. The number of aromatic amines is 1. The Hall–Kier alpha value is -2.04. The summed E-state index contributed by atoms with van der Waals surface area (Å²) in [5.74, 6) is -0.366. The van der Waals surface area contributed by atoms with Crippen LogP contribution in [-0.4, -0.2) is 27.7 Å². The third-order valence-corrected chi connectivity index (χ3v) is 1.95. The zero-order valence-corrected chi connectivity index (χ0v) is 8.15. The topological polar surface area (TPSA) is 75.2 Å². The molecule has 2 heterocycles. The van der Waals surface area contributed by atoms with Crippen LogP contribution in [0.4, 0.5) is 0 Å². The van der Waals surface area contributed by atoms with E-state index in [1.54, 1.807) is 13.0 Å². The number of aromatic hydroxyl groups is 1. The molecule has 15 heavy (non-hydrogen) atoms. The minimum absolute atomic E-state index is 0.0553. The van der Waals surface area contributed by atoms with Crippen molar-refractivity contribution in [3.63, 3.8) is 0 Å². The molecule has 0 aliphatic carbocycles. The van der Waals surface area contributed by atoms with Gasteiger partial charge in [0.05, 0.1) is 23.8 Å². The molecule has 78 valence electrons. The smallest absolute Gasteiger partial charge is 0.354 e. The van der Waals surface area contributed by atoms with Crippen LogP contribution in [0.15, 0.2) is 18.3 Å². The molecule has 0 amide bonds. The van der Waals surface area contributed by atoms with Gasteiger partial charge in [-0.25, -0.2) is 4.79 Å². The lowest BCUT2D eigenvalue weighted by Gasteiger charge is -1.96. The van der Waals surface area contributed by atoms with E-state index in [1.165, 1.54) is 12.3 Å². The third kappa shape index (κ3) is 1.76. The Bertz CT molecular complexity index is 504. The first-order chi connectivity index (χ1) is 7.20. The highest BCUT2D eigenvalue weighted by Gasteiger charge is 2.10. The first-order valence-corrected chi connectivity index (χ1v) is 4.55. The van der Waals surface area contributed by atoms with Gasteiger partial charge in [0.15, 0.2) is 0 Å². The van der Waals surface area contributed by atoms with Crippen molar-refractivity contribution in [2.45, 2.75) is 6.92 Å². The average Bonchev–Trinajstić information content (AvgIpc) is 2.60. The minimum Gasteiger partial charge on any atom is -0.506 e. The molecule has 2 aromatic heterocycles. The largest absolute Gasteiger partial charge is 0.506 e. The molecule has 0 atom stereocenters. The van der Waals surface area contributed by atoms with Gasteiger partial charge < -0.3 is 14.8 Å². The molecule has 0 fully saturated rings. The van der Waals surface area contributed by atoms with Crippen LogP contribution in [0.3, 0.4) is 0 Å². The van der Waals surface area contributed by atoms with E-state index in [1.807, 2.05) is 0 Å². The molecule has 2 rings (SSSR count). The SMILES string of the molecule is CCOC(=O)c1cc2ncc(O)cc2[nH]1. The Labute approximate surface area is 85.7 Å². The van der Waals surface area contributed by atoms with Gasteiger partial charge in [0, 0.05) is 6.07 Å². The molecule has 0 radical (unpaired) electrons. The second-order valence-corrected chi connectivity index (χ2v) is 3.03. The van der Waals surface area contributed by atoms with Crippen molar-refractivity contribution in [2.75, 3.05) is 6.61 Å². The summed E-state index contributed by atoms with van der Waals surface area (Å²) in [5.41, 5.74) is 1.57. The maximum atomic E-state index is 11.4. The number of ether oxygens (including phenoxy) is 1. The zero-order valence-electron chi connectivity index (χ0n) is 8.15. The van der Waals surface area contributed by atoms with Crippen molar-refractivity contribution in [2.24, 2.45) is 0 Å². The van der Waals surface area contributed by atoms with E-state index in [0.29, 0.717) is 23.3 Å². The molecule has 2 aromatic rings. The van der Waals surface area contributed by atoms with Crippen LogP contribution in [0.25, 0.3) is 11.0 Å². The molecule has 5 nitrogen and oxygen atoms in total. The lowest BCUT2D eigenvalue weighted by Crippen LogP contribution is -2.04. The number of esters is 1. The summed E-state index contributed by atoms with van der Waals surface area (Å²) < 4.78 is 4.83. The lowest BCUT2D eigenvalue weighted by atomic mass is 10.3. The maximum absolute atomic E-state index is 11.4. The molecule has 0 saturated heterocycles. The number of carbonyl (C=O) groups excluding carboxylic acids is 1. The molecule has 0 spiro atoms. The second-order valence-electron chi connectivity index (χ2n) is 3.03. The Balaban J connectivity index is 2.42. The predicted molar refractivity (Wildman–Crippen MR) is 53.7 cm³/mol. The van der Waals surface area contributed by atoms with E-state index >= 15 is 0 Å². The minimum atomic E-state index is -0.421. The van der Waals surface area contributed by atoms with Gasteiger partial charge in [-0.2, -0.15) is 0 Å². The van der Waals surface area contributed by atoms with Gasteiger partial charge in [0.2, 0.25) is 0 Å². The van der Waals surface area contributed by atoms with Crippen LogP contribution in [0.1, 0.15) is 17.4 Å². The number of nitrogens with zero attached hydrogens (tertiary/aromatic N) is 1. The van der Waals surface area contributed by atoms with Crippen LogP contribution < -0.4 is 0 Å². The van der Waals surface area contributed by atoms with Crippen LogP contribution >= 0.6 is 0 Å². The number of hydrogen-bond donors (Lipinski definition) is 2. The van der Waals surface area contributed by atoms with Crippen molar-refractivity contribution in [1.82, 2.24) is 9.97 Å². The van der Waals surface area contributed by atoms with E-state index < -0.39 is 5.97 Å². The van der Waals surface area contributed by atoms with Gasteiger partial charge in [-0.3, -0.25) is 4.98 Å². The van der Waals surface area contributed by atoms with Crippen molar-refractivity contribution in [3.8, 4) is 5.75 Å². The molecule has 0 aliphatic rings. The molecule has 0 aliphatic heterocycles. The highest BCUT2D eigenvalue weighted by molar-refractivity contribution is 5.93. The number of nitrogens with one attached hydrogen (secondary N) is 1. The van der Waals surface area contributed by atoms with Crippen LogP contribution in [0.5, 0.6) is 5.75 Å². The summed E-state index contributed by atoms with van der Waals surface area (Å²) in [4.78, 5) is 18.1. The molecule has 5 heteroatoms. The molecular weight excluding hydrogens is 196 g/mol. The predicted octanol–water partition coefficient (Wildman–Crippen LogP) is 1.45. The number of pyridine rings is 1. The number of carbonyl (C=O) groups is 1. The van der Waals surface area contributed by atoms with Gasteiger partial charge in [-0.15, -0.1) is 0 Å². The molecular formula is C10H10N2O3. The highest BCUT2D eigenvalue weighted by Crippen LogP contribution is 2.17. The standard InChI is InChI=1S/C10H10N2O3/c1-2-15-10(14)9-4-7-8(12-9)3-6(13)5-11-7/h3-5,12-13H,2H2,1H3. The van der Waals surface area contributed by atoms with Crippen LogP contribution in [0, 0.1) is 0 Å². The van der Waals surface area contributed by atoms with Crippen molar-refractivity contribution >= 4 is 17.0 Å². The van der Waals surface area contributed by atoms with E-state index in [2.05, 4.69) is 9.97 Å². The third-order valence-electron chi connectivity index (χ3n) is 1.95. The van der Waals surface area contributed by atoms with Crippen molar-refractivity contribution < 1.29 is 14.6 Å². The van der Waals surface area contributed by atoms with Gasteiger partial charge in [0.25, 0.3) is 0 Å². The Kier molecular flexibility index (Phi) is 2.29. The average molecular weight is 206 g/mol. The fourth-order valence-electron chi connectivity index (χ4n) is 1.32. The monoisotopic (exact) mass is 206 g/mol. The van der Waals surface area contributed by atoms with Crippen molar-refractivity contribution in [3.05, 3.63) is 24.0 Å². The normalized spacial score (nSPS) is 10.5. The number of hydrogen-bond acceptors (Lipinski definition) is 4. The molecule has 0 unspecified atom stereocenters. The quantitative estimate of drug-likeness (QED) is 0.729. The van der Waals surface area contributed by atoms with E-state index in [-0.39, 0.29) is 5.75 Å².